The molecule has 0 amide bonds. The Morgan fingerprint density at radius 1 is 1.30 bits per heavy atom. The fourth-order valence-electron chi connectivity index (χ4n) is 2.66. The van der Waals surface area contributed by atoms with Crippen LogP contribution in [-0.2, 0) is 13.5 Å². The molecule has 0 aromatic carbocycles. The van der Waals surface area contributed by atoms with E-state index in [0.717, 1.165) is 39.8 Å². The Morgan fingerprint density at radius 3 is 2.74 bits per heavy atom. The van der Waals surface area contributed by atoms with Gasteiger partial charge in [-0.2, -0.15) is 14.7 Å². The highest BCUT2D eigenvalue weighted by atomic mass is 79.9. The molecule has 122 valence electrons. The molecule has 0 saturated carbocycles. The largest absolute Gasteiger partial charge is 0.383 e. The van der Waals surface area contributed by atoms with Crippen molar-refractivity contribution in [1.29, 1.82) is 0 Å². The van der Waals surface area contributed by atoms with Crippen LogP contribution in [0, 0.1) is 5.92 Å². The van der Waals surface area contributed by atoms with Crippen molar-refractivity contribution in [1.82, 2.24) is 24.4 Å². The van der Waals surface area contributed by atoms with Crippen molar-refractivity contribution in [2.75, 3.05) is 12.3 Å². The second-order valence-electron chi connectivity index (χ2n) is 5.84. The normalized spacial score (nSPS) is 12.9. The monoisotopic (exact) mass is 377 g/mol. The quantitative estimate of drug-likeness (QED) is 0.707. The summed E-state index contributed by atoms with van der Waals surface area (Å²) in [4.78, 5) is 4.80. The van der Waals surface area contributed by atoms with E-state index < -0.39 is 0 Å². The lowest BCUT2D eigenvalue weighted by Gasteiger charge is -2.13. The molecule has 3 rings (SSSR count). The van der Waals surface area contributed by atoms with Crippen LogP contribution in [0.15, 0.2) is 23.1 Å². The van der Waals surface area contributed by atoms with Gasteiger partial charge < -0.3 is 11.5 Å². The van der Waals surface area contributed by atoms with Crippen molar-refractivity contribution >= 4 is 27.4 Å². The van der Waals surface area contributed by atoms with E-state index in [-0.39, 0.29) is 0 Å². The van der Waals surface area contributed by atoms with Crippen LogP contribution in [0.1, 0.15) is 19.0 Å². The van der Waals surface area contributed by atoms with Gasteiger partial charge in [-0.3, -0.25) is 4.68 Å². The van der Waals surface area contributed by atoms with E-state index in [0.29, 0.717) is 18.3 Å². The summed E-state index contributed by atoms with van der Waals surface area (Å²) in [5.41, 5.74) is 15.4. The third-order valence-electron chi connectivity index (χ3n) is 3.91. The first-order chi connectivity index (χ1) is 11.0. The van der Waals surface area contributed by atoms with Crippen molar-refractivity contribution in [2.45, 2.75) is 19.8 Å². The van der Waals surface area contributed by atoms with Gasteiger partial charge in [0.15, 0.2) is 5.65 Å². The number of hydrogen-bond acceptors (Lipinski definition) is 5. The minimum Gasteiger partial charge on any atom is -0.383 e. The predicted octanol–water partition coefficient (Wildman–Crippen LogP) is 2.00. The fraction of sp³-hybridized carbons (Fsp3) is 0.400. The van der Waals surface area contributed by atoms with E-state index in [9.17, 15) is 0 Å². The van der Waals surface area contributed by atoms with Crippen LogP contribution in [-0.4, -0.2) is 30.9 Å². The molecule has 1 atom stereocenters. The molecule has 3 aromatic heterocycles. The summed E-state index contributed by atoms with van der Waals surface area (Å²) in [7, 11) is 1.88. The summed E-state index contributed by atoms with van der Waals surface area (Å²) in [6.45, 7) is 2.84. The van der Waals surface area contributed by atoms with Gasteiger partial charge in [0, 0.05) is 24.4 Å². The number of hydrogen-bond donors (Lipinski definition) is 2. The highest BCUT2D eigenvalue weighted by molar-refractivity contribution is 9.10. The van der Waals surface area contributed by atoms with Crippen molar-refractivity contribution in [3.8, 4) is 11.1 Å². The summed E-state index contributed by atoms with van der Waals surface area (Å²) in [6.07, 6.45) is 7.28. The lowest BCUT2D eigenvalue weighted by Crippen LogP contribution is -2.11. The van der Waals surface area contributed by atoms with Crippen LogP contribution in [0.3, 0.4) is 0 Å². The standard InChI is InChI=1S/C15H20BrN7/c1-9(3-4-17)5-12-13(16)14(18)23-15(21-12)11(7-20-23)10-6-19-22(2)8-10/h6-9H,3-5,17-18H2,1-2H3. The fourth-order valence-corrected chi connectivity index (χ4v) is 3.08. The summed E-state index contributed by atoms with van der Waals surface area (Å²) < 4.78 is 4.21. The first kappa shape index (κ1) is 15.9. The first-order valence-electron chi connectivity index (χ1n) is 7.52. The number of aromatic nitrogens is 5. The Labute approximate surface area is 142 Å². The molecular formula is C15H20BrN7. The molecule has 0 aliphatic carbocycles. The van der Waals surface area contributed by atoms with Crippen LogP contribution < -0.4 is 11.5 Å². The van der Waals surface area contributed by atoms with Crippen LogP contribution in [0.5, 0.6) is 0 Å². The Kier molecular flexibility index (Phi) is 4.36. The van der Waals surface area contributed by atoms with E-state index in [1.165, 1.54) is 0 Å². The molecule has 0 fully saturated rings. The van der Waals surface area contributed by atoms with Crippen molar-refractivity contribution < 1.29 is 0 Å². The summed E-state index contributed by atoms with van der Waals surface area (Å²) >= 11 is 3.55. The average molecular weight is 378 g/mol. The molecule has 8 heteroatoms. The van der Waals surface area contributed by atoms with E-state index in [1.807, 2.05) is 13.2 Å². The Hall–Kier alpha value is -1.93. The SMILES string of the molecule is CC(CCN)Cc1nc2c(-c3cnn(C)c3)cnn2c(N)c1Br. The van der Waals surface area contributed by atoms with Gasteiger partial charge in [-0.25, -0.2) is 4.98 Å². The number of aryl methyl sites for hydroxylation is 1. The second-order valence-corrected chi connectivity index (χ2v) is 6.63. The van der Waals surface area contributed by atoms with Gasteiger partial charge in [0.1, 0.15) is 5.82 Å². The molecule has 0 aliphatic heterocycles. The number of fused-ring (bicyclic) bond motifs is 1. The van der Waals surface area contributed by atoms with Gasteiger partial charge in [0.2, 0.25) is 0 Å². The van der Waals surface area contributed by atoms with E-state index in [1.54, 1.807) is 21.6 Å². The zero-order valence-corrected chi connectivity index (χ0v) is 14.8. The Morgan fingerprint density at radius 2 is 2.09 bits per heavy atom. The number of nitrogens with zero attached hydrogens (tertiary/aromatic N) is 5. The van der Waals surface area contributed by atoms with Crippen LogP contribution >= 0.6 is 15.9 Å². The maximum absolute atomic E-state index is 6.23. The number of halogens is 1. The molecule has 4 N–H and O–H groups in total. The maximum Gasteiger partial charge on any atom is 0.165 e. The van der Waals surface area contributed by atoms with Gasteiger partial charge in [-0.1, -0.05) is 6.92 Å². The van der Waals surface area contributed by atoms with Crippen molar-refractivity contribution in [2.24, 2.45) is 18.7 Å². The lowest BCUT2D eigenvalue weighted by atomic mass is 10.0. The molecule has 23 heavy (non-hydrogen) atoms. The van der Waals surface area contributed by atoms with Crippen LogP contribution in [0.2, 0.25) is 0 Å². The van der Waals surface area contributed by atoms with Crippen LogP contribution in [0.4, 0.5) is 5.82 Å². The third-order valence-corrected chi connectivity index (χ3v) is 4.77. The van der Waals surface area contributed by atoms with Gasteiger partial charge in [-0.05, 0) is 41.2 Å². The molecule has 7 nitrogen and oxygen atoms in total. The molecule has 0 saturated heterocycles. The maximum atomic E-state index is 6.23. The molecule has 1 unspecified atom stereocenters. The van der Waals surface area contributed by atoms with Gasteiger partial charge in [0.05, 0.1) is 22.6 Å². The summed E-state index contributed by atoms with van der Waals surface area (Å²) in [5, 5.41) is 8.58. The third kappa shape index (κ3) is 2.96. The zero-order valence-electron chi connectivity index (χ0n) is 13.2. The topological polar surface area (TPSA) is 100 Å². The van der Waals surface area contributed by atoms with Gasteiger partial charge in [-0.15, -0.1) is 0 Å². The van der Waals surface area contributed by atoms with Crippen LogP contribution in [0.25, 0.3) is 16.8 Å². The minimum atomic E-state index is 0.440. The second kappa shape index (κ2) is 6.29. The number of rotatable bonds is 5. The predicted molar refractivity (Wildman–Crippen MR) is 93.8 cm³/mol. The van der Waals surface area contributed by atoms with Crippen molar-refractivity contribution in [3.63, 3.8) is 0 Å². The van der Waals surface area contributed by atoms with E-state index in [2.05, 4.69) is 33.1 Å². The first-order valence-corrected chi connectivity index (χ1v) is 8.31. The molecule has 0 aliphatic rings. The Balaban J connectivity index is 2.10. The van der Waals surface area contributed by atoms with E-state index >= 15 is 0 Å². The molecule has 0 bridgehead atoms. The molecule has 0 spiro atoms. The van der Waals surface area contributed by atoms with E-state index in [4.69, 9.17) is 16.5 Å². The molecule has 3 heterocycles. The summed E-state index contributed by atoms with van der Waals surface area (Å²) in [6, 6.07) is 0. The molecule has 3 aromatic rings. The van der Waals surface area contributed by atoms with Gasteiger partial charge in [0.25, 0.3) is 0 Å². The highest BCUT2D eigenvalue weighted by Gasteiger charge is 2.18. The minimum absolute atomic E-state index is 0.440. The molecule has 0 radical (unpaired) electrons. The smallest absolute Gasteiger partial charge is 0.165 e. The zero-order chi connectivity index (χ0) is 16.6. The lowest BCUT2D eigenvalue weighted by molar-refractivity contribution is 0.531. The van der Waals surface area contributed by atoms with Crippen molar-refractivity contribution in [3.05, 3.63) is 28.8 Å². The molecular weight excluding hydrogens is 358 g/mol. The van der Waals surface area contributed by atoms with Gasteiger partial charge >= 0.3 is 0 Å². The number of nitrogen functional groups attached to an aromatic ring is 1. The number of anilines is 1. The Bertz CT molecular complexity index is 836. The number of nitrogens with two attached hydrogens (primary N) is 2. The average Bonchev–Trinajstić information content (AvgIpc) is 3.10. The highest BCUT2D eigenvalue weighted by Crippen LogP contribution is 2.30. The summed E-state index contributed by atoms with van der Waals surface area (Å²) in [5.74, 6) is 0.996.